The molecule has 0 atom stereocenters. The first-order valence-electron chi connectivity index (χ1n) is 7.29. The molecule has 0 radical (unpaired) electrons. The normalized spacial score (nSPS) is 23.2. The predicted molar refractivity (Wildman–Crippen MR) is 75.5 cm³/mol. The highest BCUT2D eigenvalue weighted by Gasteiger charge is 2.20. The molecular weight excluding hydrogens is 242 g/mol. The lowest BCUT2D eigenvalue weighted by Gasteiger charge is -2.25. The van der Waals surface area contributed by atoms with Gasteiger partial charge in [-0.05, 0) is 45.4 Å². The highest BCUT2D eigenvalue weighted by Crippen LogP contribution is 2.25. The van der Waals surface area contributed by atoms with Crippen LogP contribution >= 0.6 is 0 Å². The number of nitrogens with two attached hydrogens (primary N) is 1. The van der Waals surface area contributed by atoms with Crippen LogP contribution in [0.25, 0.3) is 0 Å². The molecular formula is C14H27N3O2. The van der Waals surface area contributed by atoms with E-state index in [1.165, 1.54) is 0 Å². The molecule has 0 aliphatic heterocycles. The number of carbonyl (C=O) groups is 2. The van der Waals surface area contributed by atoms with E-state index < -0.39 is 0 Å². The van der Waals surface area contributed by atoms with Gasteiger partial charge in [-0.2, -0.15) is 0 Å². The summed E-state index contributed by atoms with van der Waals surface area (Å²) in [6.07, 6.45) is 5.05. The largest absolute Gasteiger partial charge is 0.356 e. The number of hydrogen-bond acceptors (Lipinski definition) is 3. The molecule has 4 N–H and O–H groups in total. The van der Waals surface area contributed by atoms with Gasteiger partial charge in [0.05, 0.1) is 0 Å². The van der Waals surface area contributed by atoms with Crippen LogP contribution in [-0.4, -0.2) is 30.4 Å². The van der Waals surface area contributed by atoms with Crippen LogP contribution in [0.4, 0.5) is 0 Å². The minimum Gasteiger partial charge on any atom is -0.356 e. The van der Waals surface area contributed by atoms with Gasteiger partial charge in [0.2, 0.25) is 11.8 Å². The maximum absolute atomic E-state index is 11.7. The summed E-state index contributed by atoms with van der Waals surface area (Å²) in [5, 5.41) is 5.61. The molecule has 5 heteroatoms. The number of nitrogens with one attached hydrogen (secondary N) is 2. The van der Waals surface area contributed by atoms with Crippen molar-refractivity contribution >= 4 is 11.8 Å². The summed E-state index contributed by atoms with van der Waals surface area (Å²) in [6, 6.07) is 0.466. The lowest BCUT2D eigenvalue weighted by atomic mass is 9.84. The zero-order valence-electron chi connectivity index (χ0n) is 12.1. The smallest absolute Gasteiger partial charge is 0.221 e. The highest BCUT2D eigenvalue weighted by atomic mass is 16.2. The highest BCUT2D eigenvalue weighted by molar-refractivity contribution is 5.79. The molecule has 0 unspecified atom stereocenters. The van der Waals surface area contributed by atoms with Gasteiger partial charge < -0.3 is 16.4 Å². The summed E-state index contributed by atoms with van der Waals surface area (Å²) in [6.45, 7) is 4.26. The van der Waals surface area contributed by atoms with Gasteiger partial charge in [0, 0.05) is 31.5 Å². The van der Waals surface area contributed by atoms with Crippen molar-refractivity contribution in [2.24, 2.45) is 11.7 Å². The lowest BCUT2D eigenvalue weighted by molar-refractivity contribution is -0.123. The zero-order valence-corrected chi connectivity index (χ0v) is 12.1. The van der Waals surface area contributed by atoms with Crippen LogP contribution in [0, 0.1) is 5.92 Å². The third-order valence-corrected chi connectivity index (χ3v) is 3.49. The van der Waals surface area contributed by atoms with Crippen molar-refractivity contribution < 1.29 is 9.59 Å². The fourth-order valence-electron chi connectivity index (χ4n) is 2.44. The summed E-state index contributed by atoms with van der Waals surface area (Å²) in [5.41, 5.74) is 5.84. The van der Waals surface area contributed by atoms with Gasteiger partial charge in [0.15, 0.2) is 0 Å². The predicted octanol–water partition coefficient (Wildman–Crippen LogP) is 0.925. The molecule has 0 heterocycles. The van der Waals surface area contributed by atoms with Gasteiger partial charge in [0.25, 0.3) is 0 Å². The Kier molecular flexibility index (Phi) is 6.84. The summed E-state index contributed by atoms with van der Waals surface area (Å²) >= 11 is 0. The molecule has 0 aromatic heterocycles. The Morgan fingerprint density at radius 3 is 2.37 bits per heavy atom. The standard InChI is InChI=1S/C14H27N3O2/c1-10(2)17-13(18)7-8-16-14(19)9-11-3-5-12(15)6-4-11/h10-12H,3-9,15H2,1-2H3,(H,16,19)(H,17,18). The Morgan fingerprint density at radius 1 is 1.16 bits per heavy atom. The first kappa shape index (κ1) is 16.0. The minimum absolute atomic E-state index is 0.0149. The molecule has 19 heavy (non-hydrogen) atoms. The van der Waals surface area contributed by atoms with E-state index in [2.05, 4.69) is 10.6 Å². The molecule has 1 fully saturated rings. The van der Waals surface area contributed by atoms with E-state index in [4.69, 9.17) is 5.73 Å². The molecule has 0 aromatic rings. The summed E-state index contributed by atoms with van der Waals surface area (Å²) in [7, 11) is 0. The van der Waals surface area contributed by atoms with Crippen LogP contribution in [0.5, 0.6) is 0 Å². The van der Waals surface area contributed by atoms with E-state index in [-0.39, 0.29) is 17.9 Å². The number of rotatable bonds is 6. The molecule has 5 nitrogen and oxygen atoms in total. The Balaban J connectivity index is 2.09. The van der Waals surface area contributed by atoms with E-state index >= 15 is 0 Å². The van der Waals surface area contributed by atoms with Crippen LogP contribution in [0.1, 0.15) is 52.4 Å². The van der Waals surface area contributed by atoms with Crippen molar-refractivity contribution in [3.8, 4) is 0 Å². The van der Waals surface area contributed by atoms with E-state index in [0.717, 1.165) is 25.7 Å². The average molecular weight is 269 g/mol. The second kappa shape index (κ2) is 8.15. The van der Waals surface area contributed by atoms with Gasteiger partial charge in [-0.15, -0.1) is 0 Å². The first-order valence-corrected chi connectivity index (χ1v) is 7.29. The maximum atomic E-state index is 11.7. The fourth-order valence-corrected chi connectivity index (χ4v) is 2.44. The molecule has 1 rings (SSSR count). The molecule has 0 bridgehead atoms. The van der Waals surface area contributed by atoms with Crippen LogP contribution in [0.3, 0.4) is 0 Å². The third-order valence-electron chi connectivity index (χ3n) is 3.49. The van der Waals surface area contributed by atoms with Crippen molar-refractivity contribution in [3.05, 3.63) is 0 Å². The molecule has 0 saturated heterocycles. The van der Waals surface area contributed by atoms with Crippen molar-refractivity contribution in [2.45, 2.75) is 64.5 Å². The van der Waals surface area contributed by atoms with Gasteiger partial charge in [-0.3, -0.25) is 9.59 Å². The molecule has 0 spiro atoms. The molecule has 1 saturated carbocycles. The minimum atomic E-state index is -0.0149. The molecule has 0 aromatic carbocycles. The Morgan fingerprint density at radius 2 is 1.79 bits per heavy atom. The van der Waals surface area contributed by atoms with Crippen molar-refractivity contribution in [3.63, 3.8) is 0 Å². The van der Waals surface area contributed by atoms with Gasteiger partial charge in [0.1, 0.15) is 0 Å². The van der Waals surface area contributed by atoms with E-state index in [1.807, 2.05) is 13.8 Å². The van der Waals surface area contributed by atoms with E-state index in [9.17, 15) is 9.59 Å². The number of hydrogen-bond donors (Lipinski definition) is 3. The third kappa shape index (κ3) is 7.15. The second-order valence-electron chi connectivity index (χ2n) is 5.81. The SMILES string of the molecule is CC(C)NC(=O)CCNC(=O)CC1CCC(N)CC1. The van der Waals surface area contributed by atoms with Crippen LogP contribution in [-0.2, 0) is 9.59 Å². The van der Waals surface area contributed by atoms with Crippen molar-refractivity contribution in [1.82, 2.24) is 10.6 Å². The first-order chi connectivity index (χ1) is 8.97. The zero-order chi connectivity index (χ0) is 14.3. The molecule has 2 amide bonds. The molecule has 1 aliphatic carbocycles. The summed E-state index contributed by atoms with van der Waals surface area (Å²) < 4.78 is 0. The Labute approximate surface area is 115 Å². The Hall–Kier alpha value is -1.10. The lowest BCUT2D eigenvalue weighted by Crippen LogP contribution is -2.35. The van der Waals surface area contributed by atoms with Crippen LogP contribution in [0.2, 0.25) is 0 Å². The van der Waals surface area contributed by atoms with Crippen molar-refractivity contribution in [2.75, 3.05) is 6.54 Å². The average Bonchev–Trinajstić information content (AvgIpc) is 2.31. The molecule has 110 valence electrons. The van der Waals surface area contributed by atoms with Crippen LogP contribution < -0.4 is 16.4 Å². The topological polar surface area (TPSA) is 84.2 Å². The number of amides is 2. The van der Waals surface area contributed by atoms with Crippen LogP contribution in [0.15, 0.2) is 0 Å². The molecule has 1 aliphatic rings. The summed E-state index contributed by atoms with van der Waals surface area (Å²) in [4.78, 5) is 23.1. The second-order valence-corrected chi connectivity index (χ2v) is 5.81. The Bertz CT molecular complexity index is 297. The van der Waals surface area contributed by atoms with Gasteiger partial charge in [-0.25, -0.2) is 0 Å². The van der Waals surface area contributed by atoms with Gasteiger partial charge >= 0.3 is 0 Å². The van der Waals surface area contributed by atoms with E-state index in [1.54, 1.807) is 0 Å². The fraction of sp³-hybridized carbons (Fsp3) is 0.857. The summed E-state index contributed by atoms with van der Waals surface area (Å²) in [5.74, 6) is 0.501. The van der Waals surface area contributed by atoms with Crippen molar-refractivity contribution in [1.29, 1.82) is 0 Å². The maximum Gasteiger partial charge on any atom is 0.221 e. The number of carbonyl (C=O) groups excluding carboxylic acids is 2. The van der Waals surface area contributed by atoms with Gasteiger partial charge in [-0.1, -0.05) is 0 Å². The quantitative estimate of drug-likeness (QED) is 0.670. The van der Waals surface area contributed by atoms with E-state index in [0.29, 0.717) is 31.3 Å². The monoisotopic (exact) mass is 269 g/mol.